The Hall–Kier alpha value is -1.35. The summed E-state index contributed by atoms with van der Waals surface area (Å²) in [5, 5.41) is 4.29. The summed E-state index contributed by atoms with van der Waals surface area (Å²) in [5.74, 6) is 1.27. The largest absolute Gasteiger partial charge is 0.487 e. The number of nitrogens with zero attached hydrogens (tertiary/aromatic N) is 2. The summed E-state index contributed by atoms with van der Waals surface area (Å²) in [7, 11) is 0. The molecular formula is C15H20IN5O. The number of rotatable bonds is 4. The Bertz CT molecular complexity index is 660. The van der Waals surface area contributed by atoms with E-state index >= 15 is 0 Å². The van der Waals surface area contributed by atoms with Crippen LogP contribution < -0.4 is 21.5 Å². The second kappa shape index (κ2) is 6.82. The van der Waals surface area contributed by atoms with Crippen molar-refractivity contribution in [1.82, 2.24) is 15.3 Å². The molecule has 1 saturated heterocycles. The SMILES string of the molecule is Nc1nc(N)c2c(OC(CI)C3CCCCN3)cccc2n1. The molecule has 6 nitrogen and oxygen atoms in total. The third-order valence-electron chi connectivity index (χ3n) is 3.96. The highest BCUT2D eigenvalue weighted by molar-refractivity contribution is 14.1. The number of anilines is 2. The van der Waals surface area contributed by atoms with Crippen LogP contribution in [0.3, 0.4) is 0 Å². The van der Waals surface area contributed by atoms with Crippen LogP contribution in [0.15, 0.2) is 18.2 Å². The number of nitrogen functional groups attached to an aromatic ring is 2. The van der Waals surface area contributed by atoms with Crippen LogP contribution in [0, 0.1) is 0 Å². The van der Waals surface area contributed by atoms with E-state index in [4.69, 9.17) is 16.2 Å². The first-order valence-electron chi connectivity index (χ1n) is 7.46. The summed E-state index contributed by atoms with van der Waals surface area (Å²) in [6, 6.07) is 6.06. The van der Waals surface area contributed by atoms with Crippen molar-refractivity contribution in [2.45, 2.75) is 31.4 Å². The summed E-state index contributed by atoms with van der Waals surface area (Å²) < 4.78 is 7.17. The van der Waals surface area contributed by atoms with Crippen molar-refractivity contribution in [2.24, 2.45) is 0 Å². The fourth-order valence-corrected chi connectivity index (χ4v) is 3.67. The summed E-state index contributed by atoms with van der Waals surface area (Å²) in [6.07, 6.45) is 3.71. The minimum atomic E-state index is 0.100. The van der Waals surface area contributed by atoms with Crippen LogP contribution in [-0.2, 0) is 0 Å². The van der Waals surface area contributed by atoms with Gasteiger partial charge in [-0.05, 0) is 31.5 Å². The molecule has 0 bridgehead atoms. The van der Waals surface area contributed by atoms with Gasteiger partial charge < -0.3 is 21.5 Å². The molecule has 22 heavy (non-hydrogen) atoms. The summed E-state index contributed by atoms with van der Waals surface area (Å²) in [5.41, 5.74) is 12.4. The maximum absolute atomic E-state index is 6.27. The number of nitrogens with one attached hydrogen (secondary N) is 1. The molecule has 2 unspecified atom stereocenters. The molecule has 3 rings (SSSR count). The molecule has 5 N–H and O–H groups in total. The highest BCUT2D eigenvalue weighted by Gasteiger charge is 2.25. The van der Waals surface area contributed by atoms with Crippen molar-refractivity contribution >= 4 is 45.3 Å². The smallest absolute Gasteiger partial charge is 0.222 e. The van der Waals surface area contributed by atoms with Gasteiger partial charge in [-0.15, -0.1) is 0 Å². The van der Waals surface area contributed by atoms with E-state index in [2.05, 4.69) is 37.9 Å². The molecule has 1 aromatic heterocycles. The highest BCUT2D eigenvalue weighted by Crippen LogP contribution is 2.31. The van der Waals surface area contributed by atoms with Crippen LogP contribution in [0.1, 0.15) is 19.3 Å². The Balaban J connectivity index is 1.92. The van der Waals surface area contributed by atoms with Crippen molar-refractivity contribution in [3.8, 4) is 5.75 Å². The summed E-state index contributed by atoms with van der Waals surface area (Å²) in [4.78, 5) is 8.29. The molecule has 7 heteroatoms. The van der Waals surface area contributed by atoms with E-state index in [-0.39, 0.29) is 12.1 Å². The van der Waals surface area contributed by atoms with Gasteiger partial charge in [-0.1, -0.05) is 35.1 Å². The Morgan fingerprint density at radius 3 is 2.91 bits per heavy atom. The second-order valence-corrected chi connectivity index (χ2v) is 6.37. The predicted molar refractivity (Wildman–Crippen MR) is 97.3 cm³/mol. The zero-order chi connectivity index (χ0) is 15.5. The molecule has 0 radical (unpaired) electrons. The number of benzene rings is 1. The van der Waals surface area contributed by atoms with Crippen molar-refractivity contribution < 1.29 is 4.74 Å². The minimum Gasteiger partial charge on any atom is -0.487 e. The fraction of sp³-hybridized carbons (Fsp3) is 0.467. The number of aromatic nitrogens is 2. The van der Waals surface area contributed by atoms with Crippen LogP contribution in [0.5, 0.6) is 5.75 Å². The number of alkyl halides is 1. The van der Waals surface area contributed by atoms with Crippen molar-refractivity contribution in [3.05, 3.63) is 18.2 Å². The standard InChI is InChI=1S/C15H20IN5O/c16-8-12(9-4-1-2-7-19-9)22-11-6-3-5-10-13(11)14(17)21-15(18)20-10/h3,5-6,9,12,19H,1-2,4,7-8H2,(H4,17,18,20,21). The third-order valence-corrected chi connectivity index (χ3v) is 4.83. The van der Waals surface area contributed by atoms with Crippen molar-refractivity contribution in [1.29, 1.82) is 0 Å². The zero-order valence-electron chi connectivity index (χ0n) is 12.3. The number of piperidine rings is 1. The second-order valence-electron chi connectivity index (χ2n) is 5.48. The van der Waals surface area contributed by atoms with Crippen molar-refractivity contribution in [2.75, 3.05) is 22.4 Å². The van der Waals surface area contributed by atoms with Gasteiger partial charge in [-0.2, -0.15) is 4.98 Å². The number of hydrogen-bond acceptors (Lipinski definition) is 6. The lowest BCUT2D eigenvalue weighted by Gasteiger charge is -2.31. The third kappa shape index (κ3) is 3.19. The molecule has 1 fully saturated rings. The highest BCUT2D eigenvalue weighted by atomic mass is 127. The lowest BCUT2D eigenvalue weighted by atomic mass is 10.0. The van der Waals surface area contributed by atoms with E-state index < -0.39 is 0 Å². The molecule has 0 aliphatic carbocycles. The van der Waals surface area contributed by atoms with Gasteiger partial charge in [0.25, 0.3) is 0 Å². The van der Waals surface area contributed by atoms with Gasteiger partial charge in [0, 0.05) is 10.5 Å². The van der Waals surface area contributed by atoms with Gasteiger partial charge in [0.05, 0.1) is 10.9 Å². The first-order chi connectivity index (χ1) is 10.7. The number of nitrogens with two attached hydrogens (primary N) is 2. The summed E-state index contributed by atoms with van der Waals surface area (Å²) in [6.45, 7) is 1.05. The molecule has 1 aliphatic heterocycles. The molecule has 2 atom stereocenters. The van der Waals surface area contributed by atoms with Crippen LogP contribution in [0.25, 0.3) is 10.9 Å². The van der Waals surface area contributed by atoms with Gasteiger partial charge in [0.1, 0.15) is 17.7 Å². The molecule has 0 spiro atoms. The zero-order valence-corrected chi connectivity index (χ0v) is 14.4. The number of halogens is 1. The monoisotopic (exact) mass is 413 g/mol. The molecular weight excluding hydrogens is 393 g/mol. The van der Waals surface area contributed by atoms with Crippen LogP contribution in [0.2, 0.25) is 0 Å². The molecule has 0 saturated carbocycles. The topological polar surface area (TPSA) is 99.1 Å². The number of fused-ring (bicyclic) bond motifs is 1. The maximum atomic E-state index is 6.27. The van der Waals surface area contributed by atoms with Gasteiger partial charge in [-0.3, -0.25) is 0 Å². The normalized spacial score (nSPS) is 20.0. The Morgan fingerprint density at radius 1 is 1.32 bits per heavy atom. The quantitative estimate of drug-likeness (QED) is 0.525. The van der Waals surface area contributed by atoms with E-state index in [1.165, 1.54) is 12.8 Å². The van der Waals surface area contributed by atoms with E-state index in [0.717, 1.165) is 28.5 Å². The first kappa shape index (κ1) is 15.5. The fourth-order valence-electron chi connectivity index (χ4n) is 2.88. The first-order valence-corrected chi connectivity index (χ1v) is 8.99. The molecule has 2 aromatic rings. The number of hydrogen-bond donors (Lipinski definition) is 3. The lowest BCUT2D eigenvalue weighted by molar-refractivity contribution is 0.161. The van der Waals surface area contributed by atoms with Crippen molar-refractivity contribution in [3.63, 3.8) is 0 Å². The molecule has 118 valence electrons. The van der Waals surface area contributed by atoms with Gasteiger partial charge >= 0.3 is 0 Å². The molecule has 1 aromatic carbocycles. The van der Waals surface area contributed by atoms with Gasteiger partial charge in [0.15, 0.2) is 0 Å². The minimum absolute atomic E-state index is 0.100. The molecule has 2 heterocycles. The van der Waals surface area contributed by atoms with Crippen LogP contribution in [0.4, 0.5) is 11.8 Å². The maximum Gasteiger partial charge on any atom is 0.222 e. The van der Waals surface area contributed by atoms with Crippen LogP contribution in [-0.4, -0.2) is 33.1 Å². The van der Waals surface area contributed by atoms with E-state index in [1.807, 2.05) is 18.2 Å². The van der Waals surface area contributed by atoms with E-state index in [9.17, 15) is 0 Å². The Kier molecular flexibility index (Phi) is 4.82. The average molecular weight is 413 g/mol. The molecule has 1 aliphatic rings. The lowest BCUT2D eigenvalue weighted by Crippen LogP contribution is -2.46. The van der Waals surface area contributed by atoms with Crippen LogP contribution >= 0.6 is 22.6 Å². The Labute approximate surface area is 143 Å². The van der Waals surface area contributed by atoms with E-state index in [0.29, 0.717) is 17.4 Å². The predicted octanol–water partition coefficient (Wildman–Crippen LogP) is 2.12. The summed E-state index contributed by atoms with van der Waals surface area (Å²) >= 11 is 2.37. The molecule has 0 amide bonds. The van der Waals surface area contributed by atoms with E-state index in [1.54, 1.807) is 0 Å². The van der Waals surface area contributed by atoms with Gasteiger partial charge in [-0.25, -0.2) is 4.98 Å². The Morgan fingerprint density at radius 2 is 2.18 bits per heavy atom. The average Bonchev–Trinajstić information content (AvgIpc) is 2.53. The number of ether oxygens (including phenoxy) is 1. The van der Waals surface area contributed by atoms with Gasteiger partial charge in [0.2, 0.25) is 5.95 Å².